The summed E-state index contributed by atoms with van der Waals surface area (Å²) in [6.45, 7) is 3.54. The zero-order chi connectivity index (χ0) is 14.8. The van der Waals surface area contributed by atoms with Crippen LogP contribution in [0.5, 0.6) is 0 Å². The van der Waals surface area contributed by atoms with Crippen LogP contribution in [0.25, 0.3) is 0 Å². The maximum atomic E-state index is 12.3. The molecule has 2 aliphatic rings. The summed E-state index contributed by atoms with van der Waals surface area (Å²) in [7, 11) is 0. The van der Waals surface area contributed by atoms with Gasteiger partial charge in [0.05, 0.1) is 15.7 Å². The molecule has 3 rings (SSSR count). The SMILES string of the molecule is O=C(C1CCCO1)N1CCN(c2c(Cl)cccc2Cl)CC1. The number of nitrogens with zero attached hydrogens (tertiary/aromatic N) is 2. The molecule has 1 amide bonds. The Balaban J connectivity index is 1.63. The summed E-state index contributed by atoms with van der Waals surface area (Å²) in [4.78, 5) is 16.3. The Bertz CT molecular complexity index is 504. The highest BCUT2D eigenvalue weighted by Crippen LogP contribution is 2.34. The van der Waals surface area contributed by atoms with Gasteiger partial charge in [-0.25, -0.2) is 0 Å². The molecule has 4 nitrogen and oxygen atoms in total. The molecule has 1 unspecified atom stereocenters. The molecule has 114 valence electrons. The van der Waals surface area contributed by atoms with E-state index in [-0.39, 0.29) is 12.0 Å². The topological polar surface area (TPSA) is 32.8 Å². The Labute approximate surface area is 134 Å². The van der Waals surface area contributed by atoms with Gasteiger partial charge in [0.1, 0.15) is 6.10 Å². The van der Waals surface area contributed by atoms with Gasteiger partial charge >= 0.3 is 0 Å². The van der Waals surface area contributed by atoms with Crippen LogP contribution in [0.3, 0.4) is 0 Å². The van der Waals surface area contributed by atoms with Crippen molar-refractivity contribution < 1.29 is 9.53 Å². The minimum atomic E-state index is -0.236. The molecule has 2 aliphatic heterocycles. The van der Waals surface area contributed by atoms with Crippen LogP contribution in [-0.2, 0) is 9.53 Å². The zero-order valence-electron chi connectivity index (χ0n) is 11.7. The third-order valence-corrected chi connectivity index (χ3v) is 4.66. The lowest BCUT2D eigenvalue weighted by atomic mass is 10.2. The summed E-state index contributed by atoms with van der Waals surface area (Å²) in [6, 6.07) is 5.52. The molecule has 1 aromatic carbocycles. The van der Waals surface area contributed by atoms with Crippen molar-refractivity contribution in [2.24, 2.45) is 0 Å². The Hall–Kier alpha value is -0.970. The van der Waals surface area contributed by atoms with Crippen LogP contribution in [0.1, 0.15) is 12.8 Å². The first-order valence-corrected chi connectivity index (χ1v) is 8.02. The predicted octanol–water partition coefficient (Wildman–Crippen LogP) is 2.82. The molecule has 0 radical (unpaired) electrons. The first-order chi connectivity index (χ1) is 10.2. The van der Waals surface area contributed by atoms with Crippen LogP contribution in [0.2, 0.25) is 10.0 Å². The van der Waals surface area contributed by atoms with E-state index < -0.39 is 0 Å². The average molecular weight is 329 g/mol. The van der Waals surface area contributed by atoms with E-state index in [1.165, 1.54) is 0 Å². The van der Waals surface area contributed by atoms with Gasteiger partial charge in [0.25, 0.3) is 5.91 Å². The highest BCUT2D eigenvalue weighted by molar-refractivity contribution is 6.39. The van der Waals surface area contributed by atoms with E-state index in [0.717, 1.165) is 31.6 Å². The molecule has 6 heteroatoms. The van der Waals surface area contributed by atoms with Crippen LogP contribution in [0.15, 0.2) is 18.2 Å². The molecule has 2 saturated heterocycles. The number of rotatable bonds is 2. The number of ether oxygens (including phenoxy) is 1. The van der Waals surface area contributed by atoms with Gasteiger partial charge in [0.15, 0.2) is 0 Å². The van der Waals surface area contributed by atoms with Crippen molar-refractivity contribution in [3.8, 4) is 0 Å². The minimum absolute atomic E-state index is 0.123. The second-order valence-corrected chi connectivity index (χ2v) is 6.20. The molecule has 0 bridgehead atoms. The molecule has 2 fully saturated rings. The number of benzene rings is 1. The number of hydrogen-bond acceptors (Lipinski definition) is 3. The van der Waals surface area contributed by atoms with E-state index in [1.807, 2.05) is 23.1 Å². The lowest BCUT2D eigenvalue weighted by Gasteiger charge is -2.37. The summed E-state index contributed by atoms with van der Waals surface area (Å²) in [5.74, 6) is 0.123. The van der Waals surface area contributed by atoms with Crippen LogP contribution in [0.4, 0.5) is 5.69 Å². The summed E-state index contributed by atoms with van der Waals surface area (Å²) in [5.41, 5.74) is 0.866. The van der Waals surface area contributed by atoms with E-state index >= 15 is 0 Å². The zero-order valence-corrected chi connectivity index (χ0v) is 13.2. The molecule has 0 spiro atoms. The third-order valence-electron chi connectivity index (χ3n) is 4.05. The highest BCUT2D eigenvalue weighted by atomic mass is 35.5. The molecular formula is C15H18Cl2N2O2. The van der Waals surface area contributed by atoms with Crippen LogP contribution >= 0.6 is 23.2 Å². The predicted molar refractivity (Wildman–Crippen MR) is 84.2 cm³/mol. The fraction of sp³-hybridized carbons (Fsp3) is 0.533. The van der Waals surface area contributed by atoms with Crippen molar-refractivity contribution in [1.82, 2.24) is 4.90 Å². The lowest BCUT2D eigenvalue weighted by Crippen LogP contribution is -2.51. The standard InChI is InChI=1S/C15H18Cl2N2O2/c16-11-3-1-4-12(17)14(11)18-6-8-19(9-7-18)15(20)13-5-2-10-21-13/h1,3-4,13H,2,5-10H2. The number of piperazine rings is 1. The normalized spacial score (nSPS) is 22.7. The highest BCUT2D eigenvalue weighted by Gasteiger charge is 2.30. The minimum Gasteiger partial charge on any atom is -0.368 e. The first kappa shape index (κ1) is 14.9. The van der Waals surface area contributed by atoms with Crippen molar-refractivity contribution in [3.05, 3.63) is 28.2 Å². The molecular weight excluding hydrogens is 311 g/mol. The Morgan fingerprint density at radius 2 is 1.81 bits per heavy atom. The number of carbonyl (C=O) groups is 1. The Kier molecular flexibility index (Phi) is 4.57. The van der Waals surface area contributed by atoms with E-state index in [0.29, 0.717) is 29.7 Å². The molecule has 1 aromatic rings. The third kappa shape index (κ3) is 3.12. The number of amides is 1. The second-order valence-electron chi connectivity index (χ2n) is 5.38. The van der Waals surface area contributed by atoms with Crippen molar-refractivity contribution in [3.63, 3.8) is 0 Å². The van der Waals surface area contributed by atoms with E-state index in [4.69, 9.17) is 27.9 Å². The van der Waals surface area contributed by atoms with Crippen LogP contribution in [0, 0.1) is 0 Å². The molecule has 1 atom stereocenters. The molecule has 0 aromatic heterocycles. The van der Waals surface area contributed by atoms with E-state index in [9.17, 15) is 4.79 Å². The lowest BCUT2D eigenvalue weighted by molar-refractivity contribution is -0.141. The molecule has 0 aliphatic carbocycles. The van der Waals surface area contributed by atoms with Crippen molar-refractivity contribution >= 4 is 34.8 Å². The smallest absolute Gasteiger partial charge is 0.251 e. The molecule has 21 heavy (non-hydrogen) atoms. The fourth-order valence-corrected chi connectivity index (χ4v) is 3.55. The number of carbonyl (C=O) groups excluding carboxylic acids is 1. The van der Waals surface area contributed by atoms with Gasteiger partial charge in [0, 0.05) is 32.8 Å². The van der Waals surface area contributed by atoms with Crippen molar-refractivity contribution in [2.75, 3.05) is 37.7 Å². The molecule has 0 N–H and O–H groups in total. The van der Waals surface area contributed by atoms with Crippen molar-refractivity contribution in [2.45, 2.75) is 18.9 Å². The van der Waals surface area contributed by atoms with Gasteiger partial charge in [-0.15, -0.1) is 0 Å². The van der Waals surface area contributed by atoms with Crippen LogP contribution in [-0.4, -0.2) is 49.7 Å². The summed E-state index contributed by atoms with van der Waals surface area (Å²) < 4.78 is 5.47. The average Bonchev–Trinajstić information content (AvgIpc) is 3.01. The van der Waals surface area contributed by atoms with Crippen LogP contribution < -0.4 is 4.90 Å². The summed E-state index contributed by atoms with van der Waals surface area (Å²) >= 11 is 12.5. The summed E-state index contributed by atoms with van der Waals surface area (Å²) in [5, 5.41) is 1.31. The van der Waals surface area contributed by atoms with Gasteiger partial charge in [-0.3, -0.25) is 4.79 Å². The maximum Gasteiger partial charge on any atom is 0.251 e. The fourth-order valence-electron chi connectivity index (χ4n) is 2.92. The van der Waals surface area contributed by atoms with E-state index in [2.05, 4.69) is 4.90 Å². The molecule has 0 saturated carbocycles. The van der Waals surface area contributed by atoms with Gasteiger partial charge in [-0.05, 0) is 25.0 Å². The Morgan fingerprint density at radius 1 is 1.14 bits per heavy atom. The van der Waals surface area contributed by atoms with E-state index in [1.54, 1.807) is 0 Å². The number of halogens is 2. The van der Waals surface area contributed by atoms with Crippen molar-refractivity contribution in [1.29, 1.82) is 0 Å². The number of anilines is 1. The quantitative estimate of drug-likeness (QED) is 0.836. The molecule has 2 heterocycles. The number of para-hydroxylation sites is 1. The second kappa shape index (κ2) is 6.42. The van der Waals surface area contributed by atoms with Gasteiger partial charge in [-0.1, -0.05) is 29.3 Å². The van der Waals surface area contributed by atoms with Gasteiger partial charge in [-0.2, -0.15) is 0 Å². The summed E-state index contributed by atoms with van der Waals surface area (Å²) in [6.07, 6.45) is 1.58. The first-order valence-electron chi connectivity index (χ1n) is 7.26. The monoisotopic (exact) mass is 328 g/mol. The van der Waals surface area contributed by atoms with Gasteiger partial charge in [0.2, 0.25) is 0 Å². The number of hydrogen-bond donors (Lipinski definition) is 0. The largest absolute Gasteiger partial charge is 0.368 e. The Morgan fingerprint density at radius 3 is 2.38 bits per heavy atom. The van der Waals surface area contributed by atoms with Gasteiger partial charge < -0.3 is 14.5 Å². The maximum absolute atomic E-state index is 12.3.